The van der Waals surface area contributed by atoms with Gasteiger partial charge in [0.25, 0.3) is 0 Å². The quantitative estimate of drug-likeness (QED) is 0.771. The normalized spacial score (nSPS) is 12.4. The molecule has 3 nitrogen and oxygen atoms in total. The second-order valence-electron chi connectivity index (χ2n) is 3.97. The molecule has 0 aliphatic rings. The topological polar surface area (TPSA) is 40.8 Å². The molecule has 0 aliphatic carbocycles. The summed E-state index contributed by atoms with van der Waals surface area (Å²) in [6.45, 7) is 4.11. The highest BCUT2D eigenvalue weighted by Gasteiger charge is 2.02. The number of nitrogens with zero attached hydrogens (tertiary/aromatic N) is 2. The van der Waals surface area contributed by atoms with Crippen molar-refractivity contribution in [2.45, 2.75) is 25.1 Å². The van der Waals surface area contributed by atoms with Crippen molar-refractivity contribution in [3.63, 3.8) is 0 Å². The fraction of sp³-hybridized carbons (Fsp3) is 0.583. The molecule has 16 heavy (non-hydrogen) atoms. The van der Waals surface area contributed by atoms with Crippen molar-refractivity contribution in [2.24, 2.45) is 7.05 Å². The average molecular weight is 237 g/mol. The zero-order valence-corrected chi connectivity index (χ0v) is 11.0. The fourth-order valence-electron chi connectivity index (χ4n) is 1.50. The van der Waals surface area contributed by atoms with Crippen LogP contribution in [0.3, 0.4) is 0 Å². The lowest BCUT2D eigenvalue weighted by Gasteiger charge is -2.08. The van der Waals surface area contributed by atoms with Crippen LogP contribution in [0.15, 0.2) is 12.3 Å². The second kappa shape index (κ2) is 6.62. The van der Waals surface area contributed by atoms with Crippen LogP contribution >= 0.6 is 11.8 Å². The molecule has 0 saturated heterocycles. The van der Waals surface area contributed by atoms with E-state index >= 15 is 0 Å². The Morgan fingerprint density at radius 2 is 2.38 bits per heavy atom. The third kappa shape index (κ3) is 3.92. The first-order chi connectivity index (χ1) is 7.67. The summed E-state index contributed by atoms with van der Waals surface area (Å²) >= 11 is 1.89. The van der Waals surface area contributed by atoms with Gasteiger partial charge in [-0.2, -0.15) is 17.0 Å². The third-order valence-corrected chi connectivity index (χ3v) is 3.68. The van der Waals surface area contributed by atoms with Crippen molar-refractivity contribution in [2.75, 3.05) is 12.8 Å². The zero-order valence-electron chi connectivity index (χ0n) is 10.2. The van der Waals surface area contributed by atoms with E-state index in [1.165, 1.54) is 12.0 Å². The molecule has 88 valence electrons. The maximum absolute atomic E-state index is 8.81. The second-order valence-corrected chi connectivity index (χ2v) is 5.24. The summed E-state index contributed by atoms with van der Waals surface area (Å²) in [5.41, 5.74) is 1.89. The molecule has 0 saturated carbocycles. The first kappa shape index (κ1) is 13.1. The molecule has 0 aliphatic heterocycles. The Bertz CT molecular complexity index is 365. The Balaban J connectivity index is 2.30. The van der Waals surface area contributed by atoms with Gasteiger partial charge in [-0.3, -0.25) is 0 Å². The Hall–Kier alpha value is -0.920. The summed E-state index contributed by atoms with van der Waals surface area (Å²) in [6, 6.07) is 4.10. The van der Waals surface area contributed by atoms with Crippen molar-refractivity contribution in [1.82, 2.24) is 9.88 Å². The van der Waals surface area contributed by atoms with E-state index in [4.69, 9.17) is 5.26 Å². The molecular formula is C12H19N3S. The van der Waals surface area contributed by atoms with Crippen LogP contribution in [0.25, 0.3) is 0 Å². The Kier molecular flexibility index (Phi) is 5.44. The standard InChI is InChI=1S/C12H19N3S/c1-10(16-3)4-5-14-8-11-6-12(7-13)15(2)9-11/h6,9-10,14H,4-5,8H2,1-3H3. The van der Waals surface area contributed by atoms with Crippen molar-refractivity contribution >= 4 is 11.8 Å². The maximum Gasteiger partial charge on any atom is 0.120 e. The van der Waals surface area contributed by atoms with E-state index in [1.54, 1.807) is 0 Å². The van der Waals surface area contributed by atoms with E-state index in [0.29, 0.717) is 10.9 Å². The maximum atomic E-state index is 8.81. The van der Waals surface area contributed by atoms with Crippen LogP contribution < -0.4 is 5.32 Å². The number of hydrogen-bond acceptors (Lipinski definition) is 3. The summed E-state index contributed by atoms with van der Waals surface area (Å²) in [5.74, 6) is 0. The predicted molar refractivity (Wildman–Crippen MR) is 69.4 cm³/mol. The molecule has 1 aromatic rings. The molecule has 0 amide bonds. The van der Waals surface area contributed by atoms with Gasteiger partial charge in [0.05, 0.1) is 0 Å². The highest BCUT2D eigenvalue weighted by Crippen LogP contribution is 2.09. The van der Waals surface area contributed by atoms with Crippen molar-refractivity contribution < 1.29 is 0 Å². The average Bonchev–Trinajstić information content (AvgIpc) is 2.64. The molecule has 1 heterocycles. The smallest absolute Gasteiger partial charge is 0.120 e. The molecule has 1 N–H and O–H groups in total. The minimum Gasteiger partial charge on any atom is -0.342 e. The summed E-state index contributed by atoms with van der Waals surface area (Å²) < 4.78 is 1.86. The van der Waals surface area contributed by atoms with Crippen molar-refractivity contribution in [1.29, 1.82) is 5.26 Å². The molecule has 0 spiro atoms. The SMILES string of the molecule is CSC(C)CCNCc1cc(C#N)n(C)c1. The van der Waals surface area contributed by atoms with Crippen LogP contribution in [-0.2, 0) is 13.6 Å². The Labute approximate surface area is 102 Å². The first-order valence-corrected chi connectivity index (χ1v) is 6.75. The number of thioether (sulfide) groups is 1. The van der Waals surface area contributed by atoms with Gasteiger partial charge in [-0.1, -0.05) is 6.92 Å². The summed E-state index contributed by atoms with van der Waals surface area (Å²) in [4.78, 5) is 0. The number of rotatable bonds is 6. The highest BCUT2D eigenvalue weighted by molar-refractivity contribution is 7.99. The van der Waals surface area contributed by atoms with Gasteiger partial charge in [0.1, 0.15) is 11.8 Å². The fourth-order valence-corrected chi connectivity index (χ4v) is 1.85. The molecule has 1 aromatic heterocycles. The third-order valence-electron chi connectivity index (χ3n) is 2.64. The van der Waals surface area contributed by atoms with Gasteiger partial charge >= 0.3 is 0 Å². The molecule has 0 radical (unpaired) electrons. The Morgan fingerprint density at radius 3 is 2.94 bits per heavy atom. The molecule has 1 atom stereocenters. The number of aryl methyl sites for hydroxylation is 1. The van der Waals surface area contributed by atoms with E-state index in [1.807, 2.05) is 35.6 Å². The van der Waals surface area contributed by atoms with Crippen LogP contribution in [0.5, 0.6) is 0 Å². The lowest BCUT2D eigenvalue weighted by atomic mass is 10.3. The van der Waals surface area contributed by atoms with E-state index in [9.17, 15) is 0 Å². The molecule has 0 bridgehead atoms. The van der Waals surface area contributed by atoms with E-state index in [0.717, 1.165) is 13.1 Å². The predicted octanol–water partition coefficient (Wildman–Crippen LogP) is 2.13. The molecule has 1 unspecified atom stereocenters. The van der Waals surface area contributed by atoms with Gasteiger partial charge < -0.3 is 9.88 Å². The van der Waals surface area contributed by atoms with Crippen LogP contribution in [0, 0.1) is 11.3 Å². The summed E-state index contributed by atoms with van der Waals surface area (Å²) in [5, 5.41) is 12.9. The number of aromatic nitrogens is 1. The molecule has 4 heteroatoms. The highest BCUT2D eigenvalue weighted by atomic mass is 32.2. The van der Waals surface area contributed by atoms with E-state index in [-0.39, 0.29) is 0 Å². The first-order valence-electron chi connectivity index (χ1n) is 5.46. The van der Waals surface area contributed by atoms with Gasteiger partial charge in [0, 0.05) is 25.0 Å². The Morgan fingerprint density at radius 1 is 1.62 bits per heavy atom. The van der Waals surface area contributed by atoms with Crippen LogP contribution in [0.2, 0.25) is 0 Å². The van der Waals surface area contributed by atoms with Gasteiger partial charge in [-0.05, 0) is 30.9 Å². The number of nitriles is 1. The van der Waals surface area contributed by atoms with E-state index in [2.05, 4.69) is 24.6 Å². The van der Waals surface area contributed by atoms with Crippen molar-refractivity contribution in [3.8, 4) is 6.07 Å². The molecule has 0 fully saturated rings. The van der Waals surface area contributed by atoms with Crippen LogP contribution in [0.4, 0.5) is 0 Å². The zero-order chi connectivity index (χ0) is 12.0. The molecule has 1 rings (SSSR count). The minimum atomic E-state index is 0.706. The summed E-state index contributed by atoms with van der Waals surface area (Å²) in [7, 11) is 1.90. The van der Waals surface area contributed by atoms with Crippen LogP contribution in [-0.4, -0.2) is 22.6 Å². The molecule has 0 aromatic carbocycles. The van der Waals surface area contributed by atoms with Crippen LogP contribution in [0.1, 0.15) is 24.6 Å². The van der Waals surface area contributed by atoms with Gasteiger partial charge in [-0.25, -0.2) is 0 Å². The van der Waals surface area contributed by atoms with Gasteiger partial charge in [0.2, 0.25) is 0 Å². The van der Waals surface area contributed by atoms with E-state index < -0.39 is 0 Å². The minimum absolute atomic E-state index is 0.706. The lowest BCUT2D eigenvalue weighted by Crippen LogP contribution is -2.17. The lowest BCUT2D eigenvalue weighted by molar-refractivity contribution is 0.647. The number of hydrogen-bond donors (Lipinski definition) is 1. The monoisotopic (exact) mass is 237 g/mol. The summed E-state index contributed by atoms with van der Waals surface area (Å²) in [6.07, 6.45) is 5.32. The number of nitrogens with one attached hydrogen (secondary N) is 1. The van der Waals surface area contributed by atoms with Crippen molar-refractivity contribution in [3.05, 3.63) is 23.5 Å². The van der Waals surface area contributed by atoms with Gasteiger partial charge in [-0.15, -0.1) is 0 Å². The largest absolute Gasteiger partial charge is 0.342 e. The van der Waals surface area contributed by atoms with Gasteiger partial charge in [0.15, 0.2) is 0 Å². The molecular weight excluding hydrogens is 218 g/mol.